The second-order valence-electron chi connectivity index (χ2n) is 5.44. The van der Waals surface area contributed by atoms with Crippen LogP contribution in [0.2, 0.25) is 10.0 Å². The maximum absolute atomic E-state index is 12.3. The third-order valence-electron chi connectivity index (χ3n) is 3.89. The fraction of sp³-hybridized carbons (Fsp3) is 0.294. The van der Waals surface area contributed by atoms with E-state index in [-0.39, 0.29) is 12.5 Å². The van der Waals surface area contributed by atoms with Crippen LogP contribution >= 0.6 is 23.2 Å². The standard InChI is InChI=1S/C17H16Cl2N2O2/c18-13-4-5-16(14(19)9-13)23-11-17(22)21-8-6-12(10-21)15-3-1-2-7-20-15/h1-5,7,9,12H,6,8,10-11H2/t12-/m1/s1. The van der Waals surface area contributed by atoms with E-state index in [4.69, 9.17) is 27.9 Å². The van der Waals surface area contributed by atoms with Gasteiger partial charge in [0.05, 0.1) is 5.02 Å². The minimum absolute atomic E-state index is 0.0315. The summed E-state index contributed by atoms with van der Waals surface area (Å²) in [6.45, 7) is 1.36. The second kappa shape index (κ2) is 7.20. The van der Waals surface area contributed by atoms with Gasteiger partial charge < -0.3 is 9.64 Å². The molecule has 120 valence electrons. The molecule has 1 aromatic carbocycles. The van der Waals surface area contributed by atoms with Gasteiger partial charge in [0.25, 0.3) is 5.91 Å². The van der Waals surface area contributed by atoms with E-state index >= 15 is 0 Å². The lowest BCUT2D eigenvalue weighted by atomic mass is 10.0. The lowest BCUT2D eigenvalue weighted by Gasteiger charge is -2.17. The van der Waals surface area contributed by atoms with Crippen LogP contribution in [0.15, 0.2) is 42.6 Å². The van der Waals surface area contributed by atoms with E-state index in [1.807, 2.05) is 23.1 Å². The molecule has 2 heterocycles. The van der Waals surface area contributed by atoms with Crippen molar-refractivity contribution in [2.24, 2.45) is 0 Å². The third kappa shape index (κ3) is 3.95. The number of halogens is 2. The van der Waals surface area contributed by atoms with E-state index in [2.05, 4.69) is 4.98 Å². The normalized spacial score (nSPS) is 17.3. The summed E-state index contributed by atoms with van der Waals surface area (Å²) in [5.41, 5.74) is 1.03. The Labute approximate surface area is 145 Å². The van der Waals surface area contributed by atoms with Gasteiger partial charge in [-0.1, -0.05) is 29.3 Å². The van der Waals surface area contributed by atoms with E-state index in [1.165, 1.54) is 0 Å². The van der Waals surface area contributed by atoms with Crippen LogP contribution in [-0.4, -0.2) is 35.5 Å². The number of pyridine rings is 1. The van der Waals surface area contributed by atoms with Crippen molar-refractivity contribution in [2.45, 2.75) is 12.3 Å². The van der Waals surface area contributed by atoms with Crippen LogP contribution in [0.5, 0.6) is 5.75 Å². The predicted molar refractivity (Wildman–Crippen MR) is 90.1 cm³/mol. The molecular weight excluding hydrogens is 335 g/mol. The van der Waals surface area contributed by atoms with Crippen molar-refractivity contribution < 1.29 is 9.53 Å². The average Bonchev–Trinajstić information content (AvgIpc) is 3.05. The highest BCUT2D eigenvalue weighted by Crippen LogP contribution is 2.28. The van der Waals surface area contributed by atoms with Crippen molar-refractivity contribution in [1.82, 2.24) is 9.88 Å². The van der Waals surface area contributed by atoms with Gasteiger partial charge in [0.1, 0.15) is 5.75 Å². The molecule has 1 aromatic heterocycles. The number of nitrogens with zero attached hydrogens (tertiary/aromatic N) is 2. The van der Waals surface area contributed by atoms with Gasteiger partial charge in [0.15, 0.2) is 6.61 Å². The molecule has 0 radical (unpaired) electrons. The molecule has 23 heavy (non-hydrogen) atoms. The number of ether oxygens (including phenoxy) is 1. The van der Waals surface area contributed by atoms with Crippen LogP contribution in [0, 0.1) is 0 Å². The van der Waals surface area contributed by atoms with Crippen LogP contribution in [0.3, 0.4) is 0 Å². The summed E-state index contributed by atoms with van der Waals surface area (Å²) >= 11 is 11.9. The zero-order valence-electron chi connectivity index (χ0n) is 12.4. The zero-order chi connectivity index (χ0) is 16.2. The van der Waals surface area contributed by atoms with E-state index in [1.54, 1.807) is 24.4 Å². The molecule has 0 unspecified atom stereocenters. The first-order valence-electron chi connectivity index (χ1n) is 7.40. The first-order chi connectivity index (χ1) is 11.1. The number of amides is 1. The van der Waals surface area contributed by atoms with Crippen LogP contribution < -0.4 is 4.74 Å². The molecule has 0 spiro atoms. The molecule has 6 heteroatoms. The van der Waals surface area contributed by atoms with Gasteiger partial charge in [-0.05, 0) is 36.8 Å². The minimum Gasteiger partial charge on any atom is -0.482 e. The highest BCUT2D eigenvalue weighted by atomic mass is 35.5. The topological polar surface area (TPSA) is 42.4 Å². The Morgan fingerprint density at radius 1 is 1.30 bits per heavy atom. The molecule has 0 saturated carbocycles. The smallest absolute Gasteiger partial charge is 0.260 e. The molecule has 0 N–H and O–H groups in total. The summed E-state index contributed by atoms with van der Waals surface area (Å²) in [6.07, 6.45) is 2.70. The van der Waals surface area contributed by atoms with Gasteiger partial charge in [0.2, 0.25) is 0 Å². The largest absolute Gasteiger partial charge is 0.482 e. The summed E-state index contributed by atoms with van der Waals surface area (Å²) in [7, 11) is 0. The van der Waals surface area contributed by atoms with Gasteiger partial charge in [-0.25, -0.2) is 0 Å². The molecule has 1 atom stereocenters. The van der Waals surface area contributed by atoms with Gasteiger partial charge >= 0.3 is 0 Å². The van der Waals surface area contributed by atoms with Crippen molar-refractivity contribution in [3.05, 3.63) is 58.3 Å². The summed E-state index contributed by atoms with van der Waals surface area (Å²) in [6, 6.07) is 10.8. The molecule has 1 aliphatic heterocycles. The molecule has 1 fully saturated rings. The fourth-order valence-electron chi connectivity index (χ4n) is 2.67. The summed E-state index contributed by atoms with van der Waals surface area (Å²) < 4.78 is 5.51. The van der Waals surface area contributed by atoms with Crippen molar-refractivity contribution >= 4 is 29.1 Å². The van der Waals surface area contributed by atoms with Crippen molar-refractivity contribution in [3.63, 3.8) is 0 Å². The quantitative estimate of drug-likeness (QED) is 0.842. The Morgan fingerprint density at radius 2 is 2.17 bits per heavy atom. The number of likely N-dealkylation sites (tertiary alicyclic amines) is 1. The predicted octanol–water partition coefficient (Wildman–Crippen LogP) is 3.78. The van der Waals surface area contributed by atoms with Crippen LogP contribution in [0.1, 0.15) is 18.0 Å². The summed E-state index contributed by atoms with van der Waals surface area (Å²) in [5, 5.41) is 0.935. The molecule has 0 bridgehead atoms. The van der Waals surface area contributed by atoms with Crippen molar-refractivity contribution in [1.29, 1.82) is 0 Å². The Bertz CT molecular complexity index is 694. The van der Waals surface area contributed by atoms with E-state index < -0.39 is 0 Å². The summed E-state index contributed by atoms with van der Waals surface area (Å²) in [5.74, 6) is 0.707. The van der Waals surface area contributed by atoms with E-state index in [0.717, 1.165) is 18.7 Å². The van der Waals surface area contributed by atoms with Crippen LogP contribution in [-0.2, 0) is 4.79 Å². The molecular formula is C17H16Cl2N2O2. The Kier molecular flexibility index (Phi) is 5.03. The number of benzene rings is 1. The number of hydrogen-bond donors (Lipinski definition) is 0. The number of hydrogen-bond acceptors (Lipinski definition) is 3. The SMILES string of the molecule is O=C(COc1ccc(Cl)cc1Cl)N1CC[C@@H](c2ccccn2)C1. The average molecular weight is 351 g/mol. The zero-order valence-corrected chi connectivity index (χ0v) is 13.9. The molecule has 1 aliphatic rings. The lowest BCUT2D eigenvalue weighted by Crippen LogP contribution is -2.32. The Morgan fingerprint density at radius 3 is 2.91 bits per heavy atom. The van der Waals surface area contributed by atoms with Gasteiger partial charge in [0, 0.05) is 35.9 Å². The van der Waals surface area contributed by atoms with Crippen LogP contribution in [0.4, 0.5) is 0 Å². The number of carbonyl (C=O) groups excluding carboxylic acids is 1. The van der Waals surface area contributed by atoms with Gasteiger partial charge in [-0.3, -0.25) is 9.78 Å². The maximum Gasteiger partial charge on any atom is 0.260 e. The maximum atomic E-state index is 12.3. The van der Waals surface area contributed by atoms with Crippen molar-refractivity contribution in [2.75, 3.05) is 19.7 Å². The highest BCUT2D eigenvalue weighted by molar-refractivity contribution is 6.35. The second-order valence-corrected chi connectivity index (χ2v) is 6.29. The number of aromatic nitrogens is 1. The molecule has 1 amide bonds. The molecule has 0 aliphatic carbocycles. The van der Waals surface area contributed by atoms with Gasteiger partial charge in [-0.15, -0.1) is 0 Å². The summed E-state index contributed by atoms with van der Waals surface area (Å²) in [4.78, 5) is 18.5. The van der Waals surface area contributed by atoms with E-state index in [0.29, 0.717) is 28.3 Å². The Balaban J connectivity index is 1.55. The molecule has 4 nitrogen and oxygen atoms in total. The van der Waals surface area contributed by atoms with E-state index in [9.17, 15) is 4.79 Å². The van der Waals surface area contributed by atoms with Crippen molar-refractivity contribution in [3.8, 4) is 5.75 Å². The monoisotopic (exact) mass is 350 g/mol. The Hall–Kier alpha value is -1.78. The van der Waals surface area contributed by atoms with Gasteiger partial charge in [-0.2, -0.15) is 0 Å². The molecule has 1 saturated heterocycles. The number of rotatable bonds is 4. The first kappa shape index (κ1) is 16.1. The molecule has 2 aromatic rings. The first-order valence-corrected chi connectivity index (χ1v) is 8.15. The van der Waals surface area contributed by atoms with Crippen LogP contribution in [0.25, 0.3) is 0 Å². The highest BCUT2D eigenvalue weighted by Gasteiger charge is 2.28. The minimum atomic E-state index is -0.0468. The number of carbonyl (C=O) groups is 1. The third-order valence-corrected chi connectivity index (χ3v) is 4.42. The lowest BCUT2D eigenvalue weighted by molar-refractivity contribution is -0.132. The molecule has 3 rings (SSSR count). The fourth-order valence-corrected chi connectivity index (χ4v) is 3.13.